The maximum atomic E-state index is 13.7. The lowest BCUT2D eigenvalue weighted by atomic mass is 10.0. The van der Waals surface area contributed by atoms with E-state index in [0.717, 1.165) is 4.68 Å². The monoisotopic (exact) mass is 493 g/mol. The minimum Gasteiger partial charge on any atom is -0.467 e. The highest BCUT2D eigenvalue weighted by Gasteiger charge is 2.15. The molecule has 0 N–H and O–H groups in total. The second kappa shape index (κ2) is 10.7. The molecular weight excluding hydrogens is 477 g/mol. The topological polar surface area (TPSA) is 111 Å². The molecule has 1 heterocycles. The quantitative estimate of drug-likeness (QED) is 0.122. The van der Waals surface area contributed by atoms with Crippen molar-refractivity contribution in [3.05, 3.63) is 105 Å². The Hall–Kier alpha value is -4.37. The molecule has 0 unspecified atom stereocenters. The van der Waals surface area contributed by atoms with Crippen molar-refractivity contribution in [2.75, 3.05) is 13.9 Å². The Labute approximate surface area is 203 Å². The summed E-state index contributed by atoms with van der Waals surface area (Å²) in [4.78, 5) is 15.9. The van der Waals surface area contributed by atoms with Crippen LogP contribution in [0.1, 0.15) is 0 Å². The molecule has 4 rings (SSSR count). The van der Waals surface area contributed by atoms with Gasteiger partial charge in [-0.15, -0.1) is 0 Å². The summed E-state index contributed by atoms with van der Waals surface area (Å²) >= 11 is 5.92. The van der Waals surface area contributed by atoms with E-state index in [4.69, 9.17) is 31.3 Å². The van der Waals surface area contributed by atoms with Crippen LogP contribution in [0.2, 0.25) is 5.02 Å². The van der Waals surface area contributed by atoms with Crippen molar-refractivity contribution >= 4 is 17.3 Å². The number of aromatic nitrogens is 2. The summed E-state index contributed by atoms with van der Waals surface area (Å²) in [5, 5.41) is 8.08. The van der Waals surface area contributed by atoms with Gasteiger partial charge in [0, 0.05) is 28.7 Å². The zero-order chi connectivity index (χ0) is 24.8. The van der Waals surface area contributed by atoms with Gasteiger partial charge in [-0.05, 0) is 59.6 Å². The van der Waals surface area contributed by atoms with Crippen LogP contribution in [0.15, 0.2) is 82.8 Å². The fraction of sp³-hybridized carbons (Fsp3) is 0.0833. The van der Waals surface area contributed by atoms with Crippen molar-refractivity contribution in [3.63, 3.8) is 0 Å². The average molecular weight is 494 g/mol. The van der Waals surface area contributed by atoms with E-state index in [1.165, 1.54) is 25.4 Å². The Morgan fingerprint density at radius 2 is 1.86 bits per heavy atom. The number of hydrogen-bond donors (Lipinski definition) is 0. The van der Waals surface area contributed by atoms with Gasteiger partial charge >= 0.3 is 5.56 Å². The smallest absolute Gasteiger partial charge is 0.314 e. The summed E-state index contributed by atoms with van der Waals surface area (Å²) < 4.78 is 31.0. The van der Waals surface area contributed by atoms with Gasteiger partial charge in [0.25, 0.3) is 0 Å². The minimum atomic E-state index is -0.630. The molecule has 0 amide bonds. The number of benzene rings is 3. The number of methoxy groups -OCH3 is 1. The minimum absolute atomic E-state index is 0.0399. The first-order chi connectivity index (χ1) is 17.0. The Bertz CT molecular complexity index is 1450. The second-order valence-corrected chi connectivity index (χ2v) is 7.50. The summed E-state index contributed by atoms with van der Waals surface area (Å²) in [6, 6.07) is 17.3. The molecule has 0 saturated carbocycles. The predicted molar refractivity (Wildman–Crippen MR) is 128 cm³/mol. The van der Waals surface area contributed by atoms with E-state index >= 15 is 0 Å². The number of nitrogens with zero attached hydrogens (tertiary/aromatic N) is 5. The molecule has 0 fully saturated rings. The molecular formula is C24H17ClFN5O4. The average Bonchev–Trinajstić information content (AvgIpc) is 2.86. The predicted octanol–water partition coefficient (Wildman–Crippen LogP) is 6.41. The first-order valence-corrected chi connectivity index (χ1v) is 10.5. The zero-order valence-corrected chi connectivity index (χ0v) is 19.0. The normalized spacial score (nSPS) is 10.5. The van der Waals surface area contributed by atoms with Crippen molar-refractivity contribution in [2.45, 2.75) is 0 Å². The van der Waals surface area contributed by atoms with Gasteiger partial charge in [-0.1, -0.05) is 28.8 Å². The van der Waals surface area contributed by atoms with E-state index in [9.17, 15) is 9.18 Å². The van der Waals surface area contributed by atoms with Crippen LogP contribution in [0.25, 0.3) is 27.3 Å². The zero-order valence-electron chi connectivity index (χ0n) is 18.3. The number of azide groups is 1. The maximum Gasteiger partial charge on any atom is 0.314 e. The van der Waals surface area contributed by atoms with E-state index in [-0.39, 0.29) is 18.2 Å². The van der Waals surface area contributed by atoms with Gasteiger partial charge in [0.15, 0.2) is 6.79 Å². The molecule has 0 atom stereocenters. The largest absolute Gasteiger partial charge is 0.467 e. The number of halogens is 2. The van der Waals surface area contributed by atoms with Gasteiger partial charge in [-0.3, -0.25) is 4.79 Å². The summed E-state index contributed by atoms with van der Waals surface area (Å²) in [6.45, 7) is -0.0399. The van der Waals surface area contributed by atoms with Crippen molar-refractivity contribution in [1.29, 1.82) is 0 Å². The molecule has 35 heavy (non-hydrogen) atoms. The van der Waals surface area contributed by atoms with Gasteiger partial charge in [0.1, 0.15) is 23.0 Å². The van der Waals surface area contributed by atoms with Gasteiger partial charge in [0.2, 0.25) is 5.75 Å². The van der Waals surface area contributed by atoms with E-state index in [1.807, 2.05) is 0 Å². The molecule has 9 nitrogen and oxygen atoms in total. The van der Waals surface area contributed by atoms with Crippen molar-refractivity contribution in [2.24, 2.45) is 5.11 Å². The second-order valence-electron chi connectivity index (χ2n) is 7.06. The van der Waals surface area contributed by atoms with Gasteiger partial charge in [-0.25, -0.2) is 4.39 Å². The highest BCUT2D eigenvalue weighted by atomic mass is 35.5. The van der Waals surface area contributed by atoms with E-state index in [1.54, 1.807) is 54.6 Å². The molecule has 0 aliphatic carbocycles. The highest BCUT2D eigenvalue weighted by Crippen LogP contribution is 2.34. The van der Waals surface area contributed by atoms with Crippen molar-refractivity contribution in [1.82, 2.24) is 9.78 Å². The lowest BCUT2D eigenvalue weighted by molar-refractivity contribution is 0.0513. The molecule has 0 radical (unpaired) electrons. The van der Waals surface area contributed by atoms with Gasteiger partial charge in [-0.2, -0.15) is 9.78 Å². The van der Waals surface area contributed by atoms with Crippen LogP contribution in [-0.4, -0.2) is 23.7 Å². The molecule has 0 aliphatic heterocycles. The van der Waals surface area contributed by atoms with Gasteiger partial charge in [0.05, 0.1) is 11.9 Å². The summed E-state index contributed by atoms with van der Waals surface area (Å²) in [5.41, 5.74) is 10.00. The molecule has 0 aliphatic rings. The van der Waals surface area contributed by atoms with Crippen LogP contribution >= 0.6 is 11.6 Å². The van der Waals surface area contributed by atoms with Crippen LogP contribution < -0.4 is 15.0 Å². The number of hydrogen-bond acceptors (Lipinski definition) is 6. The Morgan fingerprint density at radius 1 is 1.11 bits per heavy atom. The van der Waals surface area contributed by atoms with Gasteiger partial charge < -0.3 is 14.2 Å². The van der Waals surface area contributed by atoms with E-state index in [0.29, 0.717) is 33.3 Å². The van der Waals surface area contributed by atoms with Crippen molar-refractivity contribution in [3.8, 4) is 34.1 Å². The highest BCUT2D eigenvalue weighted by molar-refractivity contribution is 6.30. The van der Waals surface area contributed by atoms with E-state index < -0.39 is 11.4 Å². The van der Waals surface area contributed by atoms with Crippen LogP contribution in [0, 0.1) is 5.82 Å². The van der Waals surface area contributed by atoms with Crippen molar-refractivity contribution < 1.29 is 18.6 Å². The lowest BCUT2D eigenvalue weighted by Crippen LogP contribution is -2.21. The molecule has 176 valence electrons. The van der Waals surface area contributed by atoms with Crippen LogP contribution in [0.3, 0.4) is 0 Å². The summed E-state index contributed by atoms with van der Waals surface area (Å²) in [6.07, 6.45) is 1.23. The molecule has 4 aromatic rings. The Balaban J connectivity index is 1.68. The fourth-order valence-corrected chi connectivity index (χ4v) is 3.33. The molecule has 3 aromatic carbocycles. The summed E-state index contributed by atoms with van der Waals surface area (Å²) in [5.74, 6) is -0.0341. The number of rotatable bonds is 8. The lowest BCUT2D eigenvalue weighted by Gasteiger charge is -2.13. The Morgan fingerprint density at radius 3 is 2.54 bits per heavy atom. The first-order valence-electron chi connectivity index (χ1n) is 10.1. The SMILES string of the molecule is COCOc1cc(F)ccc1-c1ccc(Oc2c(N=[N+]=[N-])cnn(-c3ccc(Cl)cc3)c2=O)cc1. The third-order valence-electron chi connectivity index (χ3n) is 4.80. The third kappa shape index (κ3) is 5.42. The third-order valence-corrected chi connectivity index (χ3v) is 5.05. The summed E-state index contributed by atoms with van der Waals surface area (Å²) in [7, 11) is 1.47. The number of ether oxygens (including phenoxy) is 3. The molecule has 11 heteroatoms. The van der Waals surface area contributed by atoms with Crippen LogP contribution in [0.4, 0.5) is 10.1 Å². The molecule has 0 bridgehead atoms. The van der Waals surface area contributed by atoms with Crippen LogP contribution in [-0.2, 0) is 4.74 Å². The first kappa shape index (κ1) is 23.8. The fourth-order valence-electron chi connectivity index (χ4n) is 3.21. The Kier molecular flexibility index (Phi) is 7.27. The molecule has 0 spiro atoms. The van der Waals surface area contributed by atoms with Crippen LogP contribution in [0.5, 0.6) is 17.2 Å². The standard InChI is InChI=1S/C24H17ClFN5O4/c1-33-14-34-22-12-17(26)6-11-20(22)15-2-9-19(10-3-15)35-23-21(29-30-27)13-28-31(24(23)32)18-7-4-16(25)5-8-18/h2-13H,14H2,1H3. The molecule has 1 aromatic heterocycles. The van der Waals surface area contributed by atoms with E-state index in [2.05, 4.69) is 15.1 Å². The molecule has 0 saturated heterocycles. The maximum absolute atomic E-state index is 13.7.